The van der Waals surface area contributed by atoms with Crippen molar-refractivity contribution in [2.24, 2.45) is 5.92 Å². The Balaban J connectivity index is 1.14. The molecular weight excluding hydrogens is 1110 g/mol. The molecule has 5 heterocycles. The summed E-state index contributed by atoms with van der Waals surface area (Å²) in [5.74, 6) is -2.26. The maximum Gasteiger partial charge on any atom is 0.346 e. The maximum absolute atomic E-state index is 11.9. The number of carbonyl (C=O) groups is 2. The average Bonchev–Trinajstić information content (AvgIpc) is 1.38. The molecule has 2 N–H and O–H groups in total. The zero-order valence-corrected chi connectivity index (χ0v) is 53.4. The van der Waals surface area contributed by atoms with Gasteiger partial charge < -0.3 is 15.1 Å². The first-order valence-corrected chi connectivity index (χ1v) is 34.0. The highest BCUT2D eigenvalue weighted by atomic mass is 32.1. The summed E-state index contributed by atoms with van der Waals surface area (Å²) in [4.78, 5) is 35.2. The van der Waals surface area contributed by atoms with E-state index in [0.29, 0.717) is 0 Å². The van der Waals surface area contributed by atoms with E-state index in [9.17, 15) is 30.3 Å². The zero-order chi connectivity index (χ0) is 59.6. The van der Waals surface area contributed by atoms with Gasteiger partial charge in [0, 0.05) is 61.7 Å². The molecule has 8 rings (SSSR count). The molecule has 4 aromatic heterocycles. The first-order chi connectivity index (χ1) is 40.8. The molecule has 0 fully saturated rings. The minimum atomic E-state index is -1.20. The number of thiophene rings is 4. The second-order valence-corrected chi connectivity index (χ2v) is 27.4. The van der Waals surface area contributed by atoms with E-state index in [2.05, 4.69) is 162 Å². The average molecular weight is 1190 g/mol. The molecule has 1 aliphatic heterocycles. The predicted molar refractivity (Wildman–Crippen MR) is 360 cm³/mol. The van der Waals surface area contributed by atoms with Crippen molar-refractivity contribution in [3.8, 4) is 31.6 Å². The number of fused-ring (bicyclic) bond motifs is 2. The molecule has 2 aromatic carbocycles. The van der Waals surface area contributed by atoms with Crippen LogP contribution in [0, 0.1) is 28.6 Å². The van der Waals surface area contributed by atoms with Crippen LogP contribution < -0.4 is 4.90 Å². The molecule has 1 aliphatic carbocycles. The Labute approximate surface area is 516 Å². The Bertz CT molecular complexity index is 3500. The molecule has 6 aromatic rings. The number of nitrogens with zero attached hydrogens (tertiary/aromatic N) is 3. The Morgan fingerprint density at radius 2 is 1.05 bits per heavy atom. The number of benzene rings is 2. The van der Waals surface area contributed by atoms with Gasteiger partial charge in [-0.15, -0.1) is 45.3 Å². The van der Waals surface area contributed by atoms with Gasteiger partial charge in [-0.2, -0.15) is 10.5 Å². The summed E-state index contributed by atoms with van der Waals surface area (Å²) in [5, 5.41) is 38.8. The van der Waals surface area contributed by atoms with E-state index < -0.39 is 11.9 Å². The van der Waals surface area contributed by atoms with Crippen LogP contribution in [0.5, 0.6) is 0 Å². The SMILES string of the molecule is CCCCCCc1cc(-c2sc(/C=C(\C#N)C(=O)O)cc2CCCCCC)sc1/C=C/C1=CC2C(C=C1)N(c1ccccc1)c1ccc(/C=C/c3sc(-c4sc(/C=C(\C#N)C(=O)O)cc4CCCCCC)cc3CCCCCC)cc1C2(C)C. The number of allylic oxidation sites excluding steroid dienone is 3. The van der Waals surface area contributed by atoms with Crippen LogP contribution in [0.15, 0.2) is 114 Å². The van der Waals surface area contributed by atoms with Gasteiger partial charge in [0.05, 0.1) is 6.04 Å². The number of anilines is 2. The molecular formula is C73H83N3O4S4. The van der Waals surface area contributed by atoms with Crippen LogP contribution in [-0.4, -0.2) is 28.2 Å². The number of aryl methyl sites for hydroxylation is 4. The number of nitriles is 2. The van der Waals surface area contributed by atoms with Crippen molar-refractivity contribution >= 4 is 99.0 Å². The second-order valence-electron chi connectivity index (χ2n) is 23.1. The smallest absolute Gasteiger partial charge is 0.346 e. The lowest BCUT2D eigenvalue weighted by atomic mass is 9.64. The van der Waals surface area contributed by atoms with Crippen LogP contribution in [0.3, 0.4) is 0 Å². The Morgan fingerprint density at radius 1 is 0.571 bits per heavy atom. The summed E-state index contributed by atoms with van der Waals surface area (Å²) in [7, 11) is 0. The minimum absolute atomic E-state index is 0.0941. The highest BCUT2D eigenvalue weighted by molar-refractivity contribution is 7.23. The van der Waals surface area contributed by atoms with E-state index in [0.717, 1.165) is 98.1 Å². The van der Waals surface area contributed by atoms with E-state index in [-0.39, 0.29) is 28.5 Å². The van der Waals surface area contributed by atoms with Crippen LogP contribution in [0.2, 0.25) is 0 Å². The summed E-state index contributed by atoms with van der Waals surface area (Å²) in [6.45, 7) is 13.8. The number of rotatable bonds is 31. The molecule has 0 amide bonds. The lowest BCUT2D eigenvalue weighted by Crippen LogP contribution is -2.50. The van der Waals surface area contributed by atoms with Gasteiger partial charge in [0.1, 0.15) is 23.3 Å². The summed E-state index contributed by atoms with van der Waals surface area (Å²) in [5.41, 5.74) is 10.4. The van der Waals surface area contributed by atoms with Crippen LogP contribution in [0.4, 0.5) is 11.4 Å². The highest BCUT2D eigenvalue weighted by Crippen LogP contribution is 2.52. The van der Waals surface area contributed by atoms with E-state index >= 15 is 0 Å². The fourth-order valence-electron chi connectivity index (χ4n) is 11.8. The molecule has 438 valence electrons. The third-order valence-corrected chi connectivity index (χ3v) is 21.4. The Morgan fingerprint density at radius 3 is 1.51 bits per heavy atom. The van der Waals surface area contributed by atoms with Crippen LogP contribution in [0.1, 0.15) is 197 Å². The summed E-state index contributed by atoms with van der Waals surface area (Å²) in [6.07, 6.45) is 41.8. The highest BCUT2D eigenvalue weighted by Gasteiger charge is 2.45. The number of aliphatic carboxylic acids is 2. The number of unbranched alkanes of at least 4 members (excludes halogenated alkanes) is 12. The standard InChI is InChI=1S/C73H83N3O4S4/c1-7-11-15-20-26-52-46-67(69-54(28-22-17-13-9-3)42-59(81-69)44-56(48-74)71(77)78)83-65(52)38-34-50-32-36-63-61(40-50)73(5,6)62-41-51(33-37-64(62)76(63)58-30-24-19-25-31-58)35-39-66-53(27-21-16-12-8-2)47-68(84-66)70-55(29-23-18-14-10-4)43-60(82-70)45-57(49-75)72(79)80/h19,24-25,30-47,61,63H,7-18,20-23,26-29H2,1-6H3,(H,77,78)(H,79,80)/b38-34+,39-35+,56-44+,57-45+. The molecule has 2 unspecified atom stereocenters. The third-order valence-electron chi connectivity index (χ3n) is 16.5. The van der Waals surface area contributed by atoms with E-state index in [1.807, 2.05) is 34.8 Å². The first kappa shape index (κ1) is 63.4. The largest absolute Gasteiger partial charge is 0.477 e. The van der Waals surface area contributed by atoms with Gasteiger partial charge in [0.25, 0.3) is 0 Å². The molecule has 11 heteroatoms. The molecule has 84 heavy (non-hydrogen) atoms. The van der Waals surface area contributed by atoms with Crippen molar-refractivity contribution in [2.75, 3.05) is 4.90 Å². The zero-order valence-electron chi connectivity index (χ0n) is 50.1. The van der Waals surface area contributed by atoms with Gasteiger partial charge in [-0.1, -0.05) is 173 Å². The van der Waals surface area contributed by atoms with Crippen molar-refractivity contribution in [1.82, 2.24) is 0 Å². The number of carboxylic acid groups (broad SMARTS) is 2. The van der Waals surface area contributed by atoms with E-state index in [1.165, 1.54) is 132 Å². The first-order valence-electron chi connectivity index (χ1n) is 30.8. The fraction of sp³-hybridized carbons (Fsp3) is 0.397. The van der Waals surface area contributed by atoms with Crippen molar-refractivity contribution in [3.63, 3.8) is 0 Å². The molecule has 0 bridgehead atoms. The lowest BCUT2D eigenvalue weighted by Gasteiger charge is -2.51. The third kappa shape index (κ3) is 16.0. The molecule has 0 spiro atoms. The number of carboxylic acids is 2. The van der Waals surface area contributed by atoms with Gasteiger partial charge in [0.2, 0.25) is 0 Å². The summed E-state index contributed by atoms with van der Waals surface area (Å²) >= 11 is 6.84. The van der Waals surface area contributed by atoms with Crippen LogP contribution in [-0.2, 0) is 40.7 Å². The minimum Gasteiger partial charge on any atom is -0.477 e. The van der Waals surface area contributed by atoms with Gasteiger partial charge >= 0.3 is 11.9 Å². The Hall–Kier alpha value is -6.60. The molecule has 7 nitrogen and oxygen atoms in total. The topological polar surface area (TPSA) is 125 Å². The molecule has 0 saturated carbocycles. The van der Waals surface area contributed by atoms with Crippen molar-refractivity contribution in [1.29, 1.82) is 10.5 Å². The fourth-order valence-corrected chi connectivity index (χ4v) is 16.6. The van der Waals surface area contributed by atoms with Gasteiger partial charge in [-0.05, 0) is 163 Å². The number of hydrogen-bond donors (Lipinski definition) is 2. The molecule has 2 atom stereocenters. The summed E-state index contributed by atoms with van der Waals surface area (Å²) in [6, 6.07) is 30.7. The van der Waals surface area contributed by atoms with Gasteiger partial charge in [0.15, 0.2) is 0 Å². The molecule has 2 aliphatic rings. The monoisotopic (exact) mass is 1190 g/mol. The van der Waals surface area contributed by atoms with Crippen LogP contribution in [0.25, 0.3) is 49.9 Å². The summed E-state index contributed by atoms with van der Waals surface area (Å²) < 4.78 is 0. The van der Waals surface area contributed by atoms with Crippen molar-refractivity contribution < 1.29 is 19.8 Å². The quantitative estimate of drug-likeness (QED) is 0.0252. The maximum atomic E-state index is 11.9. The van der Waals surface area contributed by atoms with Gasteiger partial charge in [-0.3, -0.25) is 0 Å². The van der Waals surface area contributed by atoms with E-state index in [1.54, 1.807) is 22.7 Å². The lowest BCUT2D eigenvalue weighted by molar-refractivity contribution is -0.133. The van der Waals surface area contributed by atoms with Crippen LogP contribution >= 0.6 is 45.3 Å². The normalized spacial score (nSPS) is 15.8. The predicted octanol–water partition coefficient (Wildman–Crippen LogP) is 21.5. The van der Waals surface area contributed by atoms with E-state index in [4.69, 9.17) is 0 Å². The molecule has 0 saturated heterocycles. The second kappa shape index (κ2) is 31.0. The van der Waals surface area contributed by atoms with Crippen molar-refractivity contribution in [3.05, 3.63) is 167 Å². The molecule has 0 radical (unpaired) electrons. The van der Waals surface area contributed by atoms with Crippen molar-refractivity contribution in [2.45, 2.75) is 181 Å². The number of hydrogen-bond acceptors (Lipinski definition) is 9. The number of para-hydroxylation sites is 1. The van der Waals surface area contributed by atoms with Gasteiger partial charge in [-0.25, -0.2) is 9.59 Å². The Kier molecular flexibility index (Phi) is 23.4.